The molecule has 22 heavy (non-hydrogen) atoms. The van der Waals surface area contributed by atoms with Gasteiger partial charge in [-0.3, -0.25) is 0 Å². The van der Waals surface area contributed by atoms with Gasteiger partial charge in [0.1, 0.15) is 5.75 Å². The highest BCUT2D eigenvalue weighted by Gasteiger charge is 2.08. The van der Waals surface area contributed by atoms with E-state index in [1.54, 1.807) is 6.07 Å². The second-order valence-electron chi connectivity index (χ2n) is 4.37. The number of hydrogen-bond donors (Lipinski definition) is 0. The van der Waals surface area contributed by atoms with Crippen molar-refractivity contribution in [3.8, 4) is 17.2 Å². The van der Waals surface area contributed by atoms with Crippen LogP contribution in [0.15, 0.2) is 64.2 Å². The average Bonchev–Trinajstić information content (AvgIpc) is 3.03. The van der Waals surface area contributed by atoms with E-state index in [-0.39, 0.29) is 0 Å². The van der Waals surface area contributed by atoms with E-state index in [4.69, 9.17) is 20.8 Å². The highest BCUT2D eigenvalue weighted by molar-refractivity contribution is 7.99. The molecule has 0 aliphatic heterocycles. The highest BCUT2D eigenvalue weighted by Crippen LogP contribution is 2.25. The van der Waals surface area contributed by atoms with Crippen LogP contribution in [-0.2, 0) is 0 Å². The molecule has 0 unspecified atom stereocenters. The summed E-state index contributed by atoms with van der Waals surface area (Å²) in [6.07, 6.45) is 0. The Morgan fingerprint density at radius 2 is 1.77 bits per heavy atom. The maximum Gasteiger partial charge on any atom is 0.276 e. The Labute approximate surface area is 137 Å². The van der Waals surface area contributed by atoms with Gasteiger partial charge in [-0.25, -0.2) is 0 Å². The highest BCUT2D eigenvalue weighted by atomic mass is 35.5. The van der Waals surface area contributed by atoms with Crippen molar-refractivity contribution < 1.29 is 9.15 Å². The Kier molecular flexibility index (Phi) is 4.98. The van der Waals surface area contributed by atoms with E-state index < -0.39 is 0 Å². The topological polar surface area (TPSA) is 48.2 Å². The lowest BCUT2D eigenvalue weighted by Gasteiger charge is -2.06. The molecular formula is C16H13ClN2O2S. The van der Waals surface area contributed by atoms with E-state index in [2.05, 4.69) is 10.2 Å². The minimum Gasteiger partial charge on any atom is -0.491 e. The number of aromatic nitrogens is 2. The third kappa shape index (κ3) is 3.81. The molecule has 1 aromatic heterocycles. The average molecular weight is 333 g/mol. The Morgan fingerprint density at radius 3 is 2.59 bits per heavy atom. The van der Waals surface area contributed by atoms with Crippen molar-refractivity contribution in [2.75, 3.05) is 12.4 Å². The van der Waals surface area contributed by atoms with Crippen molar-refractivity contribution in [1.82, 2.24) is 10.2 Å². The lowest BCUT2D eigenvalue weighted by molar-refractivity contribution is 0.343. The Balaban J connectivity index is 1.51. The summed E-state index contributed by atoms with van der Waals surface area (Å²) in [5.74, 6) is 1.90. The summed E-state index contributed by atoms with van der Waals surface area (Å²) in [6.45, 7) is 0.511. The number of hydrogen-bond acceptors (Lipinski definition) is 5. The van der Waals surface area contributed by atoms with Gasteiger partial charge < -0.3 is 9.15 Å². The number of benzene rings is 2. The fourth-order valence-corrected chi connectivity index (χ4v) is 2.58. The van der Waals surface area contributed by atoms with E-state index in [9.17, 15) is 0 Å². The first-order valence-corrected chi connectivity index (χ1v) is 8.08. The molecule has 6 heteroatoms. The van der Waals surface area contributed by atoms with Gasteiger partial charge in [0.25, 0.3) is 5.22 Å². The van der Waals surface area contributed by atoms with E-state index in [0.717, 1.165) is 5.56 Å². The molecule has 0 spiro atoms. The summed E-state index contributed by atoms with van der Waals surface area (Å²) in [4.78, 5) is 0. The Bertz CT molecular complexity index is 734. The number of rotatable bonds is 6. The first-order valence-electron chi connectivity index (χ1n) is 6.72. The normalized spacial score (nSPS) is 10.6. The monoisotopic (exact) mass is 332 g/mol. The van der Waals surface area contributed by atoms with Gasteiger partial charge in [0, 0.05) is 11.3 Å². The quantitative estimate of drug-likeness (QED) is 0.489. The summed E-state index contributed by atoms with van der Waals surface area (Å²) < 4.78 is 11.2. The smallest absolute Gasteiger partial charge is 0.276 e. The number of ether oxygens (including phenoxy) is 1. The van der Waals surface area contributed by atoms with Crippen molar-refractivity contribution >= 4 is 23.4 Å². The molecule has 0 amide bonds. The molecule has 0 radical (unpaired) electrons. The van der Waals surface area contributed by atoms with Gasteiger partial charge in [-0.15, -0.1) is 10.2 Å². The molecule has 3 rings (SSSR count). The van der Waals surface area contributed by atoms with Crippen LogP contribution in [-0.4, -0.2) is 22.6 Å². The summed E-state index contributed by atoms with van der Waals surface area (Å²) >= 11 is 7.47. The SMILES string of the molecule is Clc1ccccc1OCCSc1nnc(-c2ccccc2)o1. The molecule has 0 N–H and O–H groups in total. The van der Waals surface area contributed by atoms with Crippen molar-refractivity contribution in [2.24, 2.45) is 0 Å². The Morgan fingerprint density at radius 1 is 1.00 bits per heavy atom. The molecule has 3 aromatic rings. The minimum absolute atomic E-state index is 0.511. The molecule has 2 aromatic carbocycles. The zero-order valence-corrected chi connectivity index (χ0v) is 13.2. The van der Waals surface area contributed by atoms with Crippen molar-refractivity contribution in [2.45, 2.75) is 5.22 Å². The van der Waals surface area contributed by atoms with Crippen LogP contribution in [0.2, 0.25) is 5.02 Å². The van der Waals surface area contributed by atoms with E-state index in [1.807, 2.05) is 48.5 Å². The number of halogens is 1. The van der Waals surface area contributed by atoms with E-state index >= 15 is 0 Å². The molecule has 4 nitrogen and oxygen atoms in total. The zero-order chi connectivity index (χ0) is 15.2. The second-order valence-corrected chi connectivity index (χ2v) is 5.82. The van der Waals surface area contributed by atoms with Crippen LogP contribution >= 0.6 is 23.4 Å². The molecule has 0 bridgehead atoms. The molecule has 0 atom stereocenters. The van der Waals surface area contributed by atoms with Crippen molar-refractivity contribution in [3.63, 3.8) is 0 Å². The van der Waals surface area contributed by atoms with Gasteiger partial charge in [-0.05, 0) is 24.3 Å². The van der Waals surface area contributed by atoms with Gasteiger partial charge in [0.05, 0.1) is 11.6 Å². The van der Waals surface area contributed by atoms with Crippen LogP contribution in [0.4, 0.5) is 0 Å². The van der Waals surface area contributed by atoms with Crippen LogP contribution in [0.3, 0.4) is 0 Å². The largest absolute Gasteiger partial charge is 0.491 e. The first-order chi connectivity index (χ1) is 10.8. The van der Waals surface area contributed by atoms with Gasteiger partial charge in [0.15, 0.2) is 0 Å². The molecule has 0 aliphatic carbocycles. The fourth-order valence-electron chi connectivity index (χ4n) is 1.81. The van der Waals surface area contributed by atoms with Gasteiger partial charge >= 0.3 is 0 Å². The van der Waals surface area contributed by atoms with Crippen molar-refractivity contribution in [1.29, 1.82) is 0 Å². The summed E-state index contributed by atoms with van der Waals surface area (Å²) in [6, 6.07) is 17.1. The minimum atomic E-state index is 0.511. The maximum atomic E-state index is 6.02. The van der Waals surface area contributed by atoms with Gasteiger partial charge in [-0.2, -0.15) is 0 Å². The third-order valence-electron chi connectivity index (χ3n) is 2.83. The molecular weight excluding hydrogens is 320 g/mol. The molecule has 112 valence electrons. The lowest BCUT2D eigenvalue weighted by atomic mass is 10.2. The van der Waals surface area contributed by atoms with E-state index in [0.29, 0.717) is 34.2 Å². The molecule has 0 saturated heterocycles. The predicted molar refractivity (Wildman–Crippen MR) is 87.4 cm³/mol. The fraction of sp³-hybridized carbons (Fsp3) is 0.125. The van der Waals surface area contributed by atoms with Crippen LogP contribution in [0, 0.1) is 0 Å². The number of para-hydroxylation sites is 1. The molecule has 0 aliphatic rings. The van der Waals surface area contributed by atoms with Gasteiger partial charge in [0.2, 0.25) is 5.89 Å². The number of nitrogens with zero attached hydrogens (tertiary/aromatic N) is 2. The summed E-state index contributed by atoms with van der Waals surface area (Å²) in [5, 5.41) is 9.19. The van der Waals surface area contributed by atoms with Crippen LogP contribution in [0.5, 0.6) is 5.75 Å². The molecule has 0 fully saturated rings. The number of thioether (sulfide) groups is 1. The lowest BCUT2D eigenvalue weighted by Crippen LogP contribution is -2.00. The van der Waals surface area contributed by atoms with E-state index in [1.165, 1.54) is 11.8 Å². The standard InChI is InChI=1S/C16H13ClN2O2S/c17-13-8-4-5-9-14(13)20-10-11-22-16-19-18-15(21-16)12-6-2-1-3-7-12/h1-9H,10-11H2. The van der Waals surface area contributed by atoms with Gasteiger partial charge in [-0.1, -0.05) is 53.7 Å². The third-order valence-corrected chi connectivity index (χ3v) is 3.93. The Hall–Kier alpha value is -1.98. The maximum absolute atomic E-state index is 6.02. The second kappa shape index (κ2) is 7.33. The summed E-state index contributed by atoms with van der Waals surface area (Å²) in [5.41, 5.74) is 0.911. The van der Waals surface area contributed by atoms with Crippen LogP contribution < -0.4 is 4.74 Å². The first kappa shape index (κ1) is 14.9. The van der Waals surface area contributed by atoms with Crippen molar-refractivity contribution in [3.05, 3.63) is 59.6 Å². The summed E-state index contributed by atoms with van der Waals surface area (Å²) in [7, 11) is 0. The molecule has 1 heterocycles. The van der Waals surface area contributed by atoms with Crippen LogP contribution in [0.1, 0.15) is 0 Å². The molecule has 0 saturated carbocycles. The zero-order valence-electron chi connectivity index (χ0n) is 11.6. The van der Waals surface area contributed by atoms with Crippen LogP contribution in [0.25, 0.3) is 11.5 Å². The predicted octanol–water partition coefficient (Wildman–Crippen LogP) is 4.56.